The quantitative estimate of drug-likeness (QED) is 0.673. The maximum absolute atomic E-state index is 12.2. The van der Waals surface area contributed by atoms with Crippen molar-refractivity contribution in [2.75, 3.05) is 15.8 Å². The highest BCUT2D eigenvalue weighted by Crippen LogP contribution is 2.17. The second kappa shape index (κ2) is 7.35. The largest absolute Gasteiger partial charge is 0.360 e. The average Bonchev–Trinajstić information content (AvgIpc) is 3.01. The van der Waals surface area contributed by atoms with Crippen LogP contribution in [0.2, 0.25) is 0 Å². The molecule has 2 aromatic heterocycles. The van der Waals surface area contributed by atoms with E-state index >= 15 is 0 Å². The Balaban J connectivity index is 1.58. The van der Waals surface area contributed by atoms with Gasteiger partial charge in [-0.2, -0.15) is 0 Å². The van der Waals surface area contributed by atoms with Crippen LogP contribution in [0.3, 0.4) is 0 Å². The summed E-state index contributed by atoms with van der Waals surface area (Å²) in [4.78, 5) is 4.11. The average molecular weight is 358 g/mol. The van der Waals surface area contributed by atoms with Crippen LogP contribution in [-0.2, 0) is 16.4 Å². The molecule has 0 atom stereocenters. The van der Waals surface area contributed by atoms with Crippen molar-refractivity contribution < 1.29 is 12.9 Å². The summed E-state index contributed by atoms with van der Waals surface area (Å²) < 4.78 is 31.8. The fourth-order valence-electron chi connectivity index (χ4n) is 2.21. The van der Waals surface area contributed by atoms with Crippen LogP contribution in [-0.4, -0.2) is 24.3 Å². The van der Waals surface area contributed by atoms with Crippen molar-refractivity contribution in [3.63, 3.8) is 0 Å². The summed E-state index contributed by atoms with van der Waals surface area (Å²) in [5.74, 6) is 1.53. The monoisotopic (exact) mass is 358 g/mol. The maximum atomic E-state index is 12.2. The predicted octanol–water partition coefficient (Wildman–Crippen LogP) is 3.11. The third-order valence-corrected chi connectivity index (χ3v) is 4.69. The zero-order valence-electron chi connectivity index (χ0n) is 13.6. The summed E-state index contributed by atoms with van der Waals surface area (Å²) in [6, 6.07) is 14.5. The standard InChI is InChI=1S/C17H18N4O3S/c1-13-11-17(20-24-13)19-15-7-8-16(18-12-15)21-25(22,23)10-9-14-5-3-2-4-6-14/h2-8,11-12H,9-10H2,1H3,(H,18,21)(H,19,20). The van der Waals surface area contributed by atoms with Crippen molar-refractivity contribution in [1.29, 1.82) is 0 Å². The molecule has 8 heteroatoms. The number of nitrogens with zero attached hydrogens (tertiary/aromatic N) is 2. The van der Waals surface area contributed by atoms with Gasteiger partial charge in [-0.3, -0.25) is 4.72 Å². The summed E-state index contributed by atoms with van der Waals surface area (Å²) in [7, 11) is -3.46. The highest BCUT2D eigenvalue weighted by Gasteiger charge is 2.11. The first-order valence-corrected chi connectivity index (χ1v) is 9.36. The molecule has 0 saturated carbocycles. The molecule has 0 bridgehead atoms. The van der Waals surface area contributed by atoms with E-state index < -0.39 is 10.0 Å². The molecule has 0 aliphatic heterocycles. The Morgan fingerprint density at radius 1 is 1.08 bits per heavy atom. The minimum Gasteiger partial charge on any atom is -0.360 e. The van der Waals surface area contributed by atoms with Gasteiger partial charge in [-0.05, 0) is 31.0 Å². The molecule has 0 aliphatic carbocycles. The molecule has 1 aromatic carbocycles. The predicted molar refractivity (Wildman–Crippen MR) is 96.3 cm³/mol. The Bertz CT molecular complexity index is 922. The molecule has 3 aromatic rings. The van der Waals surface area contributed by atoms with Crippen molar-refractivity contribution >= 4 is 27.3 Å². The lowest BCUT2D eigenvalue weighted by Crippen LogP contribution is -2.18. The van der Waals surface area contributed by atoms with Gasteiger partial charge in [0.2, 0.25) is 10.0 Å². The Hall–Kier alpha value is -2.87. The van der Waals surface area contributed by atoms with E-state index in [0.717, 1.165) is 5.56 Å². The fourth-order valence-corrected chi connectivity index (χ4v) is 3.25. The fraction of sp³-hybridized carbons (Fsp3) is 0.176. The number of sulfonamides is 1. The number of nitrogens with one attached hydrogen (secondary N) is 2. The number of aromatic nitrogens is 2. The second-order valence-corrected chi connectivity index (χ2v) is 7.38. The van der Waals surface area contributed by atoms with E-state index in [1.165, 1.54) is 6.20 Å². The first-order chi connectivity index (χ1) is 12.0. The highest BCUT2D eigenvalue weighted by molar-refractivity contribution is 7.92. The number of anilines is 3. The number of pyridine rings is 1. The zero-order chi connectivity index (χ0) is 17.7. The molecule has 0 saturated heterocycles. The van der Waals surface area contributed by atoms with Gasteiger partial charge in [0.05, 0.1) is 17.6 Å². The molecule has 130 valence electrons. The van der Waals surface area contributed by atoms with Crippen molar-refractivity contribution in [3.05, 3.63) is 66.1 Å². The lowest BCUT2D eigenvalue weighted by Gasteiger charge is -2.08. The van der Waals surface area contributed by atoms with Gasteiger partial charge >= 0.3 is 0 Å². The van der Waals surface area contributed by atoms with Crippen LogP contribution in [0.4, 0.5) is 17.3 Å². The SMILES string of the molecule is Cc1cc(Nc2ccc(NS(=O)(=O)CCc3ccccc3)nc2)no1. The number of rotatable bonds is 7. The van der Waals surface area contributed by atoms with Crippen LogP contribution >= 0.6 is 0 Å². The van der Waals surface area contributed by atoms with Gasteiger partial charge in [0.15, 0.2) is 5.82 Å². The number of hydrogen-bond acceptors (Lipinski definition) is 6. The summed E-state index contributed by atoms with van der Waals surface area (Å²) in [6.45, 7) is 1.80. The van der Waals surface area contributed by atoms with Gasteiger partial charge < -0.3 is 9.84 Å². The summed E-state index contributed by atoms with van der Waals surface area (Å²) >= 11 is 0. The second-order valence-electron chi connectivity index (χ2n) is 5.54. The van der Waals surface area contributed by atoms with E-state index in [1.807, 2.05) is 30.3 Å². The molecule has 25 heavy (non-hydrogen) atoms. The van der Waals surface area contributed by atoms with Crippen LogP contribution < -0.4 is 10.0 Å². The molecule has 7 nitrogen and oxygen atoms in total. The third-order valence-electron chi connectivity index (χ3n) is 3.43. The zero-order valence-corrected chi connectivity index (χ0v) is 14.5. The van der Waals surface area contributed by atoms with Gasteiger partial charge in [-0.25, -0.2) is 13.4 Å². The lowest BCUT2D eigenvalue weighted by molar-refractivity contribution is 0.400. The Morgan fingerprint density at radius 3 is 2.52 bits per heavy atom. The maximum Gasteiger partial charge on any atom is 0.234 e. The van der Waals surface area contributed by atoms with E-state index in [0.29, 0.717) is 23.7 Å². The molecule has 2 heterocycles. The van der Waals surface area contributed by atoms with E-state index in [2.05, 4.69) is 20.2 Å². The Kier molecular flexibility index (Phi) is 4.99. The van der Waals surface area contributed by atoms with Gasteiger partial charge in [0.1, 0.15) is 11.6 Å². The van der Waals surface area contributed by atoms with Gasteiger partial charge in [-0.15, -0.1) is 0 Å². The Labute approximate surface area is 146 Å². The molecule has 0 fully saturated rings. The number of benzene rings is 1. The minimum absolute atomic E-state index is 0.00306. The van der Waals surface area contributed by atoms with E-state index in [1.54, 1.807) is 25.1 Å². The molecule has 0 radical (unpaired) electrons. The van der Waals surface area contributed by atoms with Crippen molar-refractivity contribution in [3.8, 4) is 0 Å². The minimum atomic E-state index is -3.46. The molecule has 0 amide bonds. The van der Waals surface area contributed by atoms with Crippen molar-refractivity contribution in [2.24, 2.45) is 0 Å². The summed E-state index contributed by atoms with van der Waals surface area (Å²) in [5, 5.41) is 6.84. The van der Waals surface area contributed by atoms with E-state index in [-0.39, 0.29) is 11.6 Å². The van der Waals surface area contributed by atoms with Crippen LogP contribution in [0.15, 0.2) is 59.3 Å². The van der Waals surface area contributed by atoms with Crippen molar-refractivity contribution in [2.45, 2.75) is 13.3 Å². The van der Waals surface area contributed by atoms with Crippen LogP contribution in [0.25, 0.3) is 0 Å². The highest BCUT2D eigenvalue weighted by atomic mass is 32.2. The normalized spacial score (nSPS) is 11.2. The van der Waals surface area contributed by atoms with Gasteiger partial charge in [-0.1, -0.05) is 35.5 Å². The van der Waals surface area contributed by atoms with E-state index in [4.69, 9.17) is 4.52 Å². The summed E-state index contributed by atoms with van der Waals surface area (Å²) in [5.41, 5.74) is 1.66. The molecule has 2 N–H and O–H groups in total. The van der Waals surface area contributed by atoms with Crippen LogP contribution in [0.1, 0.15) is 11.3 Å². The Morgan fingerprint density at radius 2 is 1.88 bits per heavy atom. The molecular weight excluding hydrogens is 340 g/mol. The van der Waals surface area contributed by atoms with Crippen LogP contribution in [0, 0.1) is 6.92 Å². The van der Waals surface area contributed by atoms with Gasteiger partial charge in [0.25, 0.3) is 0 Å². The molecular formula is C17H18N4O3S. The number of hydrogen-bond donors (Lipinski definition) is 2. The topological polar surface area (TPSA) is 97.1 Å². The summed E-state index contributed by atoms with van der Waals surface area (Å²) in [6.07, 6.45) is 1.97. The number of aryl methyl sites for hydroxylation is 2. The molecule has 0 spiro atoms. The first kappa shape index (κ1) is 17.0. The van der Waals surface area contributed by atoms with Crippen molar-refractivity contribution in [1.82, 2.24) is 10.1 Å². The van der Waals surface area contributed by atoms with E-state index in [9.17, 15) is 8.42 Å². The molecule has 3 rings (SSSR count). The van der Waals surface area contributed by atoms with Crippen LogP contribution in [0.5, 0.6) is 0 Å². The third kappa shape index (κ3) is 5.05. The first-order valence-electron chi connectivity index (χ1n) is 7.71. The van der Waals surface area contributed by atoms with Gasteiger partial charge in [0, 0.05) is 6.07 Å². The molecule has 0 unspecified atom stereocenters. The lowest BCUT2D eigenvalue weighted by atomic mass is 10.2. The smallest absolute Gasteiger partial charge is 0.234 e. The molecule has 0 aliphatic rings.